The highest BCUT2D eigenvalue weighted by molar-refractivity contribution is 5.93. The average molecular weight is 440 g/mol. The van der Waals surface area contributed by atoms with Crippen molar-refractivity contribution in [2.24, 2.45) is 0 Å². The lowest BCUT2D eigenvalue weighted by atomic mass is 10.1. The van der Waals surface area contributed by atoms with Gasteiger partial charge in [0, 0.05) is 31.9 Å². The van der Waals surface area contributed by atoms with Crippen LogP contribution in [-0.2, 0) is 14.3 Å². The Balaban J connectivity index is 1.41. The molecule has 2 aromatic carbocycles. The van der Waals surface area contributed by atoms with Crippen LogP contribution in [0.2, 0.25) is 0 Å². The molecule has 2 amide bonds. The molecule has 0 bridgehead atoms. The van der Waals surface area contributed by atoms with Crippen molar-refractivity contribution >= 4 is 23.5 Å². The lowest BCUT2D eigenvalue weighted by Crippen LogP contribution is -2.51. The molecular weight excluding hydrogens is 410 g/mol. The molecule has 0 atom stereocenters. The van der Waals surface area contributed by atoms with Gasteiger partial charge >= 0.3 is 5.97 Å². The van der Waals surface area contributed by atoms with Crippen molar-refractivity contribution in [2.45, 2.75) is 13.8 Å². The Hall–Kier alpha value is -3.39. The van der Waals surface area contributed by atoms with E-state index in [0.717, 1.165) is 16.8 Å². The van der Waals surface area contributed by atoms with Crippen LogP contribution in [0.5, 0.6) is 5.75 Å². The van der Waals surface area contributed by atoms with E-state index in [-0.39, 0.29) is 18.4 Å². The summed E-state index contributed by atoms with van der Waals surface area (Å²) in [5.41, 5.74) is 3.36. The number of carbonyl (C=O) groups is 3. The summed E-state index contributed by atoms with van der Waals surface area (Å²) in [6.45, 7) is 6.49. The van der Waals surface area contributed by atoms with E-state index in [0.29, 0.717) is 44.0 Å². The maximum absolute atomic E-state index is 12.5. The monoisotopic (exact) mass is 439 g/mol. The third-order valence-electron chi connectivity index (χ3n) is 5.48. The number of piperazine rings is 1. The first-order chi connectivity index (χ1) is 15.4. The summed E-state index contributed by atoms with van der Waals surface area (Å²) in [6.07, 6.45) is 0. The van der Waals surface area contributed by atoms with Gasteiger partial charge in [0.1, 0.15) is 5.75 Å². The van der Waals surface area contributed by atoms with Crippen LogP contribution in [-0.4, -0.2) is 74.0 Å². The zero-order chi connectivity index (χ0) is 23.1. The number of rotatable bonds is 7. The van der Waals surface area contributed by atoms with Gasteiger partial charge in [-0.05, 0) is 49.2 Å². The fourth-order valence-corrected chi connectivity index (χ4v) is 3.59. The first kappa shape index (κ1) is 23.3. The summed E-state index contributed by atoms with van der Waals surface area (Å²) in [7, 11) is 1.32. The summed E-state index contributed by atoms with van der Waals surface area (Å²) in [5.74, 6) is -0.0800. The van der Waals surface area contributed by atoms with Gasteiger partial charge in [0.25, 0.3) is 5.91 Å². The number of anilines is 1. The molecule has 8 nitrogen and oxygen atoms in total. The van der Waals surface area contributed by atoms with Crippen molar-refractivity contribution in [1.29, 1.82) is 0 Å². The molecule has 3 rings (SSSR count). The lowest BCUT2D eigenvalue weighted by molar-refractivity contribution is -0.135. The lowest BCUT2D eigenvalue weighted by Gasteiger charge is -2.34. The molecule has 1 fully saturated rings. The number of carbonyl (C=O) groups excluding carboxylic acids is 3. The van der Waals surface area contributed by atoms with Crippen LogP contribution in [0.15, 0.2) is 42.5 Å². The highest BCUT2D eigenvalue weighted by Gasteiger charge is 2.23. The van der Waals surface area contributed by atoms with E-state index in [1.165, 1.54) is 7.11 Å². The number of esters is 1. The molecule has 0 unspecified atom stereocenters. The summed E-state index contributed by atoms with van der Waals surface area (Å²) in [6, 6.07) is 12.4. The number of para-hydroxylation sites is 1. The van der Waals surface area contributed by atoms with Gasteiger partial charge in [0.2, 0.25) is 5.91 Å². The molecular formula is C24H29N3O5. The third-order valence-corrected chi connectivity index (χ3v) is 5.48. The van der Waals surface area contributed by atoms with Crippen LogP contribution >= 0.6 is 0 Å². The number of nitrogens with one attached hydrogen (secondary N) is 1. The largest absolute Gasteiger partial charge is 0.484 e. The zero-order valence-corrected chi connectivity index (χ0v) is 18.7. The average Bonchev–Trinajstić information content (AvgIpc) is 2.80. The number of methoxy groups -OCH3 is 1. The number of nitrogens with zero attached hydrogens (tertiary/aromatic N) is 2. The Morgan fingerprint density at radius 3 is 2.16 bits per heavy atom. The molecule has 1 N–H and O–H groups in total. The Morgan fingerprint density at radius 2 is 1.56 bits per heavy atom. The Kier molecular flexibility index (Phi) is 7.83. The number of benzene rings is 2. The molecule has 170 valence electrons. The van der Waals surface area contributed by atoms with Gasteiger partial charge in [0.05, 0.1) is 19.2 Å². The predicted octanol–water partition coefficient (Wildman–Crippen LogP) is 2.25. The molecule has 0 aromatic heterocycles. The van der Waals surface area contributed by atoms with Gasteiger partial charge in [-0.1, -0.05) is 18.2 Å². The van der Waals surface area contributed by atoms with Crippen molar-refractivity contribution in [2.75, 3.05) is 51.8 Å². The predicted molar refractivity (Wildman–Crippen MR) is 121 cm³/mol. The summed E-state index contributed by atoms with van der Waals surface area (Å²) < 4.78 is 10.2. The molecule has 0 saturated carbocycles. The fourth-order valence-electron chi connectivity index (χ4n) is 3.59. The minimum atomic E-state index is -0.423. The van der Waals surface area contributed by atoms with Gasteiger partial charge in [-0.3, -0.25) is 14.5 Å². The second kappa shape index (κ2) is 10.8. The van der Waals surface area contributed by atoms with Crippen molar-refractivity contribution in [3.8, 4) is 5.75 Å². The Morgan fingerprint density at radius 1 is 0.938 bits per heavy atom. The molecule has 8 heteroatoms. The first-order valence-corrected chi connectivity index (χ1v) is 10.5. The van der Waals surface area contributed by atoms with E-state index < -0.39 is 5.97 Å². The van der Waals surface area contributed by atoms with Crippen LogP contribution in [0.4, 0.5) is 5.69 Å². The van der Waals surface area contributed by atoms with Crippen molar-refractivity contribution < 1.29 is 23.9 Å². The molecule has 1 aliphatic heterocycles. The molecule has 32 heavy (non-hydrogen) atoms. The normalized spacial score (nSPS) is 14.0. The highest BCUT2D eigenvalue weighted by Crippen LogP contribution is 2.19. The van der Waals surface area contributed by atoms with Crippen LogP contribution in [0.1, 0.15) is 21.5 Å². The van der Waals surface area contributed by atoms with Gasteiger partial charge < -0.3 is 19.7 Å². The second-order valence-electron chi connectivity index (χ2n) is 7.78. The van der Waals surface area contributed by atoms with E-state index in [1.807, 2.05) is 36.9 Å². The minimum absolute atomic E-state index is 0.0547. The summed E-state index contributed by atoms with van der Waals surface area (Å²) in [5, 5.41) is 3.00. The topological polar surface area (TPSA) is 88.2 Å². The number of aryl methyl sites for hydroxylation is 2. The standard InChI is InChI=1S/C24H29N3O5/c1-17-5-4-6-18(2)23(17)25-21(28)15-26-11-13-27(14-12-26)22(29)16-32-20-9-7-19(8-10-20)24(30)31-3/h4-10H,11-16H2,1-3H3,(H,25,28). The first-order valence-electron chi connectivity index (χ1n) is 10.5. The van der Waals surface area contributed by atoms with Gasteiger partial charge in [-0.2, -0.15) is 0 Å². The molecule has 0 aliphatic carbocycles. The van der Waals surface area contributed by atoms with Crippen molar-refractivity contribution in [3.63, 3.8) is 0 Å². The van der Waals surface area contributed by atoms with Crippen molar-refractivity contribution in [3.05, 3.63) is 59.2 Å². The molecule has 2 aromatic rings. The zero-order valence-electron chi connectivity index (χ0n) is 18.7. The second-order valence-corrected chi connectivity index (χ2v) is 7.78. The molecule has 0 radical (unpaired) electrons. The van der Waals surface area contributed by atoms with Gasteiger partial charge in [-0.25, -0.2) is 4.79 Å². The summed E-state index contributed by atoms with van der Waals surface area (Å²) >= 11 is 0. The molecule has 1 aliphatic rings. The quantitative estimate of drug-likeness (QED) is 0.666. The number of amides is 2. The molecule has 0 spiro atoms. The van der Waals surface area contributed by atoms with E-state index >= 15 is 0 Å². The van der Waals surface area contributed by atoms with Crippen LogP contribution < -0.4 is 10.1 Å². The van der Waals surface area contributed by atoms with Crippen LogP contribution in [0, 0.1) is 13.8 Å². The maximum atomic E-state index is 12.5. The van der Waals surface area contributed by atoms with Gasteiger partial charge in [-0.15, -0.1) is 0 Å². The number of hydrogen-bond donors (Lipinski definition) is 1. The summed E-state index contributed by atoms with van der Waals surface area (Å²) in [4.78, 5) is 40.2. The highest BCUT2D eigenvalue weighted by atomic mass is 16.5. The van der Waals surface area contributed by atoms with E-state index in [9.17, 15) is 14.4 Å². The number of ether oxygens (including phenoxy) is 2. The minimum Gasteiger partial charge on any atom is -0.484 e. The van der Waals surface area contributed by atoms with Crippen LogP contribution in [0.3, 0.4) is 0 Å². The van der Waals surface area contributed by atoms with E-state index in [4.69, 9.17) is 4.74 Å². The van der Waals surface area contributed by atoms with E-state index in [2.05, 4.69) is 10.1 Å². The van der Waals surface area contributed by atoms with Gasteiger partial charge in [0.15, 0.2) is 6.61 Å². The van der Waals surface area contributed by atoms with E-state index in [1.54, 1.807) is 29.2 Å². The fraction of sp³-hybridized carbons (Fsp3) is 0.375. The smallest absolute Gasteiger partial charge is 0.337 e. The Labute approximate surface area is 188 Å². The maximum Gasteiger partial charge on any atom is 0.337 e. The van der Waals surface area contributed by atoms with Crippen LogP contribution in [0.25, 0.3) is 0 Å². The SMILES string of the molecule is COC(=O)c1ccc(OCC(=O)N2CCN(CC(=O)Nc3c(C)cccc3C)CC2)cc1. The molecule has 1 saturated heterocycles. The third kappa shape index (κ3) is 6.07. The molecule has 1 heterocycles. The Bertz CT molecular complexity index is 946. The number of hydrogen-bond acceptors (Lipinski definition) is 6. The van der Waals surface area contributed by atoms with Crippen molar-refractivity contribution in [1.82, 2.24) is 9.80 Å².